The van der Waals surface area contributed by atoms with Gasteiger partial charge in [-0.2, -0.15) is 11.8 Å². The Kier molecular flexibility index (Phi) is 4.10. The summed E-state index contributed by atoms with van der Waals surface area (Å²) in [5, 5.41) is 3.01. The van der Waals surface area contributed by atoms with Crippen LogP contribution in [-0.4, -0.2) is 23.5 Å². The van der Waals surface area contributed by atoms with Crippen molar-refractivity contribution in [2.45, 2.75) is 43.8 Å². The van der Waals surface area contributed by atoms with Crippen LogP contribution in [-0.2, 0) is 4.79 Å². The lowest BCUT2D eigenvalue weighted by Gasteiger charge is -2.26. The first kappa shape index (κ1) is 10.9. The summed E-state index contributed by atoms with van der Waals surface area (Å²) < 4.78 is 0.352. The summed E-state index contributed by atoms with van der Waals surface area (Å²) in [5.74, 6) is 0.181. The molecule has 0 heterocycles. The predicted octanol–water partition coefficient (Wildman–Crippen LogP) is 2.19. The van der Waals surface area contributed by atoms with Crippen LogP contribution in [0.3, 0.4) is 0 Å². The van der Waals surface area contributed by atoms with Gasteiger partial charge >= 0.3 is 0 Å². The maximum absolute atomic E-state index is 11.1. The normalized spacial score (nSPS) is 20.2. The fourth-order valence-electron chi connectivity index (χ4n) is 1.86. The van der Waals surface area contributed by atoms with Crippen molar-refractivity contribution in [3.8, 4) is 0 Å². The van der Waals surface area contributed by atoms with Crippen molar-refractivity contribution < 1.29 is 4.79 Å². The molecule has 3 heteroatoms. The molecule has 0 atom stereocenters. The Morgan fingerprint density at radius 1 is 1.46 bits per heavy atom. The van der Waals surface area contributed by atoms with Crippen molar-refractivity contribution in [1.29, 1.82) is 0 Å². The standard InChI is InChI=1S/C10H19NOS/c1-3-9(12)11-8-10(13-2)6-4-5-7-10/h3-8H2,1-2H3,(H,11,12). The highest BCUT2D eigenvalue weighted by atomic mass is 32.2. The van der Waals surface area contributed by atoms with Crippen LogP contribution in [0.2, 0.25) is 0 Å². The molecule has 1 aliphatic rings. The van der Waals surface area contributed by atoms with Crippen molar-refractivity contribution in [3.05, 3.63) is 0 Å². The van der Waals surface area contributed by atoms with E-state index in [0.29, 0.717) is 11.2 Å². The Morgan fingerprint density at radius 3 is 2.54 bits per heavy atom. The number of hydrogen-bond donors (Lipinski definition) is 1. The van der Waals surface area contributed by atoms with Gasteiger partial charge in [-0.3, -0.25) is 4.79 Å². The van der Waals surface area contributed by atoms with Gasteiger partial charge in [-0.25, -0.2) is 0 Å². The van der Waals surface area contributed by atoms with E-state index in [1.807, 2.05) is 18.7 Å². The van der Waals surface area contributed by atoms with Crippen LogP contribution in [0.5, 0.6) is 0 Å². The number of thioether (sulfide) groups is 1. The van der Waals surface area contributed by atoms with Gasteiger partial charge in [-0.15, -0.1) is 0 Å². The van der Waals surface area contributed by atoms with Crippen LogP contribution in [0.1, 0.15) is 39.0 Å². The Morgan fingerprint density at radius 2 is 2.08 bits per heavy atom. The summed E-state index contributed by atoms with van der Waals surface area (Å²) >= 11 is 1.92. The quantitative estimate of drug-likeness (QED) is 0.755. The van der Waals surface area contributed by atoms with E-state index in [1.165, 1.54) is 25.7 Å². The largest absolute Gasteiger partial charge is 0.355 e. The molecule has 1 N–H and O–H groups in total. The summed E-state index contributed by atoms with van der Waals surface area (Å²) in [6, 6.07) is 0. The molecule has 76 valence electrons. The molecule has 1 aliphatic carbocycles. The molecule has 0 bridgehead atoms. The minimum atomic E-state index is 0.181. The summed E-state index contributed by atoms with van der Waals surface area (Å²) in [6.07, 6.45) is 7.93. The van der Waals surface area contributed by atoms with Gasteiger partial charge in [0.15, 0.2) is 0 Å². The van der Waals surface area contributed by atoms with Crippen LogP contribution in [0.4, 0.5) is 0 Å². The number of nitrogens with one attached hydrogen (secondary N) is 1. The van der Waals surface area contributed by atoms with Gasteiger partial charge in [0.05, 0.1) is 0 Å². The van der Waals surface area contributed by atoms with Crippen LogP contribution >= 0.6 is 11.8 Å². The Hall–Kier alpha value is -0.180. The highest BCUT2D eigenvalue weighted by Gasteiger charge is 2.32. The van der Waals surface area contributed by atoms with Gasteiger partial charge in [0.25, 0.3) is 0 Å². The molecule has 1 saturated carbocycles. The molecule has 1 fully saturated rings. The molecular formula is C10H19NOS. The van der Waals surface area contributed by atoms with Crippen molar-refractivity contribution >= 4 is 17.7 Å². The van der Waals surface area contributed by atoms with E-state index in [1.54, 1.807) is 0 Å². The van der Waals surface area contributed by atoms with E-state index in [9.17, 15) is 4.79 Å². The lowest BCUT2D eigenvalue weighted by Crippen LogP contribution is -2.38. The lowest BCUT2D eigenvalue weighted by molar-refractivity contribution is -0.120. The molecule has 1 amide bonds. The summed E-state index contributed by atoms with van der Waals surface area (Å²) in [6.45, 7) is 2.76. The topological polar surface area (TPSA) is 29.1 Å². The van der Waals surface area contributed by atoms with Crippen molar-refractivity contribution in [2.24, 2.45) is 0 Å². The predicted molar refractivity (Wildman–Crippen MR) is 58.0 cm³/mol. The third-order valence-electron chi connectivity index (χ3n) is 2.88. The van der Waals surface area contributed by atoms with Gasteiger partial charge in [0, 0.05) is 17.7 Å². The minimum Gasteiger partial charge on any atom is -0.355 e. The average Bonchev–Trinajstić information content (AvgIpc) is 2.63. The highest BCUT2D eigenvalue weighted by Crippen LogP contribution is 2.39. The highest BCUT2D eigenvalue weighted by molar-refractivity contribution is 8.00. The van der Waals surface area contributed by atoms with Crippen molar-refractivity contribution in [3.63, 3.8) is 0 Å². The van der Waals surface area contributed by atoms with Crippen LogP contribution in [0.25, 0.3) is 0 Å². The second kappa shape index (κ2) is 4.89. The van der Waals surface area contributed by atoms with Gasteiger partial charge in [-0.05, 0) is 19.1 Å². The first-order valence-corrected chi connectivity index (χ1v) is 6.27. The lowest BCUT2D eigenvalue weighted by atomic mass is 10.1. The van der Waals surface area contributed by atoms with Crippen LogP contribution in [0.15, 0.2) is 0 Å². The van der Waals surface area contributed by atoms with Crippen molar-refractivity contribution in [2.75, 3.05) is 12.8 Å². The molecule has 0 spiro atoms. The third kappa shape index (κ3) is 2.90. The number of rotatable bonds is 4. The average molecular weight is 201 g/mol. The zero-order chi connectivity index (χ0) is 9.73. The van der Waals surface area contributed by atoms with Crippen LogP contribution < -0.4 is 5.32 Å². The van der Waals surface area contributed by atoms with Gasteiger partial charge in [0.2, 0.25) is 5.91 Å². The van der Waals surface area contributed by atoms with E-state index in [0.717, 1.165) is 6.54 Å². The molecule has 1 rings (SSSR count). The zero-order valence-corrected chi connectivity index (χ0v) is 9.38. The maximum atomic E-state index is 11.1. The SMILES string of the molecule is CCC(=O)NCC1(SC)CCCC1. The molecule has 0 aromatic heterocycles. The molecular weight excluding hydrogens is 182 g/mol. The van der Waals surface area contributed by atoms with Gasteiger partial charge < -0.3 is 5.32 Å². The maximum Gasteiger partial charge on any atom is 0.219 e. The molecule has 0 aliphatic heterocycles. The molecule has 0 aromatic carbocycles. The Balaban J connectivity index is 2.35. The molecule has 0 unspecified atom stereocenters. The van der Waals surface area contributed by atoms with E-state index >= 15 is 0 Å². The van der Waals surface area contributed by atoms with E-state index in [4.69, 9.17) is 0 Å². The molecule has 13 heavy (non-hydrogen) atoms. The number of amides is 1. The first-order valence-electron chi connectivity index (χ1n) is 5.04. The molecule has 2 nitrogen and oxygen atoms in total. The number of carbonyl (C=O) groups is 1. The first-order chi connectivity index (χ1) is 6.22. The summed E-state index contributed by atoms with van der Waals surface area (Å²) in [7, 11) is 0. The number of carbonyl (C=O) groups excluding carboxylic acids is 1. The summed E-state index contributed by atoms with van der Waals surface area (Å²) in [5.41, 5.74) is 0. The Labute approximate surface area is 84.9 Å². The fourth-order valence-corrected chi connectivity index (χ4v) is 2.77. The van der Waals surface area contributed by atoms with E-state index < -0.39 is 0 Å². The van der Waals surface area contributed by atoms with E-state index in [2.05, 4.69) is 11.6 Å². The Bertz CT molecular complexity index is 176. The zero-order valence-electron chi connectivity index (χ0n) is 8.56. The van der Waals surface area contributed by atoms with Crippen LogP contribution in [0, 0.1) is 0 Å². The van der Waals surface area contributed by atoms with Crippen molar-refractivity contribution in [1.82, 2.24) is 5.32 Å². The third-order valence-corrected chi connectivity index (χ3v) is 4.30. The van der Waals surface area contributed by atoms with Gasteiger partial charge in [-0.1, -0.05) is 19.8 Å². The number of hydrogen-bond acceptors (Lipinski definition) is 2. The molecule has 0 saturated heterocycles. The summed E-state index contributed by atoms with van der Waals surface area (Å²) in [4.78, 5) is 11.1. The molecule has 0 radical (unpaired) electrons. The second-order valence-electron chi connectivity index (χ2n) is 3.72. The molecule has 0 aromatic rings. The second-order valence-corrected chi connectivity index (χ2v) is 5.00. The monoisotopic (exact) mass is 201 g/mol. The van der Waals surface area contributed by atoms with E-state index in [-0.39, 0.29) is 5.91 Å². The smallest absolute Gasteiger partial charge is 0.219 e. The van der Waals surface area contributed by atoms with Gasteiger partial charge in [0.1, 0.15) is 0 Å². The fraction of sp³-hybridized carbons (Fsp3) is 0.900. The minimum absolute atomic E-state index is 0.181.